The number of benzene rings is 1. The van der Waals surface area contributed by atoms with Gasteiger partial charge in [-0.1, -0.05) is 11.6 Å². The Balaban J connectivity index is 2.15. The standard InChI is InChI=1S/C13H13ClO5/c1-17-13(16)3-2-10(15)8-6-11-12(7-9(8)14)19-5-4-18-11/h6-7H,2-5H2,1H3. The van der Waals surface area contributed by atoms with Gasteiger partial charge >= 0.3 is 5.97 Å². The van der Waals surface area contributed by atoms with Gasteiger partial charge in [-0.15, -0.1) is 0 Å². The van der Waals surface area contributed by atoms with Gasteiger partial charge in [-0.05, 0) is 6.07 Å². The molecule has 5 nitrogen and oxygen atoms in total. The minimum Gasteiger partial charge on any atom is -0.486 e. The predicted octanol–water partition coefficient (Wildman–Crippen LogP) is 2.25. The van der Waals surface area contributed by atoms with Crippen LogP contribution in [-0.2, 0) is 9.53 Å². The summed E-state index contributed by atoms with van der Waals surface area (Å²) in [6.07, 6.45) is 0.0755. The van der Waals surface area contributed by atoms with E-state index in [0.29, 0.717) is 35.3 Å². The largest absolute Gasteiger partial charge is 0.486 e. The van der Waals surface area contributed by atoms with Crippen LogP contribution in [0.25, 0.3) is 0 Å². The summed E-state index contributed by atoms with van der Waals surface area (Å²) in [6.45, 7) is 0.892. The summed E-state index contributed by atoms with van der Waals surface area (Å²) in [5.41, 5.74) is 0.329. The fraction of sp³-hybridized carbons (Fsp3) is 0.385. The molecule has 0 N–H and O–H groups in total. The van der Waals surface area contributed by atoms with Crippen molar-refractivity contribution in [3.8, 4) is 11.5 Å². The smallest absolute Gasteiger partial charge is 0.305 e. The lowest BCUT2D eigenvalue weighted by molar-refractivity contribution is -0.140. The molecular formula is C13H13ClO5. The molecule has 0 fully saturated rings. The molecule has 0 atom stereocenters. The average Bonchev–Trinajstić information content (AvgIpc) is 2.43. The number of rotatable bonds is 4. The molecule has 0 unspecified atom stereocenters. The lowest BCUT2D eigenvalue weighted by Crippen LogP contribution is -2.16. The van der Waals surface area contributed by atoms with Crippen molar-refractivity contribution >= 4 is 23.4 Å². The van der Waals surface area contributed by atoms with Gasteiger partial charge in [-0.3, -0.25) is 9.59 Å². The first kappa shape index (κ1) is 13.7. The first-order valence-electron chi connectivity index (χ1n) is 5.81. The molecule has 1 aliphatic rings. The van der Waals surface area contributed by atoms with Crippen LogP contribution in [0, 0.1) is 0 Å². The van der Waals surface area contributed by atoms with E-state index < -0.39 is 5.97 Å². The van der Waals surface area contributed by atoms with Crippen LogP contribution >= 0.6 is 11.6 Å². The van der Waals surface area contributed by atoms with Crippen molar-refractivity contribution in [3.63, 3.8) is 0 Å². The second kappa shape index (κ2) is 5.93. The molecule has 1 aliphatic heterocycles. The molecule has 0 spiro atoms. The summed E-state index contributed by atoms with van der Waals surface area (Å²) in [6, 6.07) is 3.11. The number of hydrogen-bond donors (Lipinski definition) is 0. The zero-order chi connectivity index (χ0) is 13.8. The van der Waals surface area contributed by atoms with E-state index in [1.807, 2.05) is 0 Å². The minimum absolute atomic E-state index is 0.0279. The van der Waals surface area contributed by atoms with Gasteiger partial charge in [-0.25, -0.2) is 0 Å². The first-order chi connectivity index (χ1) is 9.11. The molecule has 1 aromatic carbocycles. The van der Waals surface area contributed by atoms with E-state index in [4.69, 9.17) is 21.1 Å². The lowest BCUT2D eigenvalue weighted by atomic mass is 10.1. The Morgan fingerprint density at radius 3 is 2.47 bits per heavy atom. The van der Waals surface area contributed by atoms with Crippen molar-refractivity contribution in [2.24, 2.45) is 0 Å². The van der Waals surface area contributed by atoms with Crippen LogP contribution in [0.1, 0.15) is 23.2 Å². The highest BCUT2D eigenvalue weighted by Crippen LogP contribution is 2.35. The van der Waals surface area contributed by atoms with E-state index in [-0.39, 0.29) is 18.6 Å². The molecule has 1 aromatic rings. The van der Waals surface area contributed by atoms with Gasteiger partial charge in [-0.2, -0.15) is 0 Å². The van der Waals surface area contributed by atoms with Crippen LogP contribution in [0.15, 0.2) is 12.1 Å². The topological polar surface area (TPSA) is 61.8 Å². The molecule has 0 aliphatic carbocycles. The Morgan fingerprint density at radius 1 is 1.21 bits per heavy atom. The van der Waals surface area contributed by atoms with Gasteiger partial charge in [0.15, 0.2) is 17.3 Å². The fourth-order valence-electron chi connectivity index (χ4n) is 1.73. The monoisotopic (exact) mass is 284 g/mol. The summed E-state index contributed by atoms with van der Waals surface area (Å²) >= 11 is 6.03. The molecule has 0 bridgehead atoms. The predicted molar refractivity (Wildman–Crippen MR) is 68.0 cm³/mol. The Kier molecular flexibility index (Phi) is 4.27. The van der Waals surface area contributed by atoms with E-state index in [0.717, 1.165) is 0 Å². The van der Waals surface area contributed by atoms with Gasteiger partial charge in [0.25, 0.3) is 0 Å². The lowest BCUT2D eigenvalue weighted by Gasteiger charge is -2.19. The number of fused-ring (bicyclic) bond motifs is 1. The molecular weight excluding hydrogens is 272 g/mol. The number of methoxy groups -OCH3 is 1. The highest BCUT2D eigenvalue weighted by Gasteiger charge is 2.19. The summed E-state index contributed by atoms with van der Waals surface area (Å²) in [5, 5.41) is 0.291. The highest BCUT2D eigenvalue weighted by atomic mass is 35.5. The van der Waals surface area contributed by atoms with Gasteiger partial charge in [0.05, 0.1) is 18.6 Å². The van der Waals surface area contributed by atoms with Crippen LogP contribution in [-0.4, -0.2) is 32.1 Å². The summed E-state index contributed by atoms with van der Waals surface area (Å²) in [5.74, 6) is 0.368. The van der Waals surface area contributed by atoms with Crippen LogP contribution < -0.4 is 9.47 Å². The Labute approximate surface area is 115 Å². The first-order valence-corrected chi connectivity index (χ1v) is 6.18. The van der Waals surface area contributed by atoms with E-state index in [1.54, 1.807) is 12.1 Å². The normalized spacial score (nSPS) is 12.9. The number of carbonyl (C=O) groups is 2. The Morgan fingerprint density at radius 2 is 1.84 bits per heavy atom. The van der Waals surface area contributed by atoms with Crippen molar-refractivity contribution in [1.82, 2.24) is 0 Å². The van der Waals surface area contributed by atoms with Crippen molar-refractivity contribution in [1.29, 1.82) is 0 Å². The number of carbonyl (C=O) groups excluding carboxylic acids is 2. The zero-order valence-corrected chi connectivity index (χ0v) is 11.2. The molecule has 0 amide bonds. The maximum Gasteiger partial charge on any atom is 0.305 e. The minimum atomic E-state index is -0.429. The quantitative estimate of drug-likeness (QED) is 0.627. The van der Waals surface area contributed by atoms with Gasteiger partial charge in [0.2, 0.25) is 0 Å². The van der Waals surface area contributed by atoms with Gasteiger partial charge in [0.1, 0.15) is 13.2 Å². The number of hydrogen-bond acceptors (Lipinski definition) is 5. The van der Waals surface area contributed by atoms with Crippen LogP contribution in [0.2, 0.25) is 5.02 Å². The second-order valence-corrected chi connectivity index (χ2v) is 4.38. The van der Waals surface area contributed by atoms with Crippen LogP contribution in [0.4, 0.5) is 0 Å². The fourth-order valence-corrected chi connectivity index (χ4v) is 1.99. The maximum absolute atomic E-state index is 12.0. The molecule has 19 heavy (non-hydrogen) atoms. The Bertz CT molecular complexity index is 512. The Hall–Kier alpha value is -1.75. The van der Waals surface area contributed by atoms with Crippen molar-refractivity contribution in [2.75, 3.05) is 20.3 Å². The molecule has 0 aromatic heterocycles. The van der Waals surface area contributed by atoms with E-state index in [2.05, 4.69) is 4.74 Å². The number of ether oxygens (including phenoxy) is 3. The molecule has 0 saturated carbocycles. The zero-order valence-electron chi connectivity index (χ0n) is 10.4. The van der Waals surface area contributed by atoms with Crippen molar-refractivity contribution in [2.45, 2.75) is 12.8 Å². The van der Waals surface area contributed by atoms with Crippen molar-refractivity contribution < 1.29 is 23.8 Å². The van der Waals surface area contributed by atoms with E-state index in [9.17, 15) is 9.59 Å². The second-order valence-electron chi connectivity index (χ2n) is 3.98. The summed E-state index contributed by atoms with van der Waals surface area (Å²) in [7, 11) is 1.28. The average molecular weight is 285 g/mol. The maximum atomic E-state index is 12.0. The number of ketones is 1. The number of halogens is 1. The summed E-state index contributed by atoms with van der Waals surface area (Å²) in [4.78, 5) is 23.0. The SMILES string of the molecule is COC(=O)CCC(=O)c1cc2c(cc1Cl)OCCO2. The van der Waals surface area contributed by atoms with Crippen LogP contribution in [0.5, 0.6) is 11.5 Å². The van der Waals surface area contributed by atoms with E-state index >= 15 is 0 Å². The highest BCUT2D eigenvalue weighted by molar-refractivity contribution is 6.34. The van der Waals surface area contributed by atoms with Gasteiger partial charge < -0.3 is 14.2 Å². The molecule has 0 saturated heterocycles. The molecule has 0 radical (unpaired) electrons. The summed E-state index contributed by atoms with van der Waals surface area (Å²) < 4.78 is 15.2. The third kappa shape index (κ3) is 3.17. The molecule has 1 heterocycles. The van der Waals surface area contributed by atoms with E-state index in [1.165, 1.54) is 7.11 Å². The molecule has 6 heteroatoms. The van der Waals surface area contributed by atoms with Gasteiger partial charge in [0, 0.05) is 18.1 Å². The molecule has 2 rings (SSSR count). The third-order valence-electron chi connectivity index (χ3n) is 2.72. The number of esters is 1. The number of Topliss-reactive ketones (excluding diaryl/α,β-unsaturated/α-hetero) is 1. The molecule has 102 valence electrons. The van der Waals surface area contributed by atoms with Crippen molar-refractivity contribution in [3.05, 3.63) is 22.7 Å². The third-order valence-corrected chi connectivity index (χ3v) is 3.03. The van der Waals surface area contributed by atoms with Crippen LogP contribution in [0.3, 0.4) is 0 Å².